The highest BCUT2D eigenvalue weighted by Crippen LogP contribution is 2.51. The first kappa shape index (κ1) is 19.1. The van der Waals surface area contributed by atoms with E-state index < -0.39 is 6.10 Å². The van der Waals surface area contributed by atoms with Gasteiger partial charge in [0.2, 0.25) is 0 Å². The minimum Gasteiger partial charge on any atom is -0.466 e. The Hall–Kier alpha value is -2.27. The van der Waals surface area contributed by atoms with Crippen molar-refractivity contribution in [2.24, 2.45) is 5.41 Å². The van der Waals surface area contributed by atoms with Crippen molar-refractivity contribution in [1.29, 1.82) is 0 Å². The number of rotatable bonds is 3. The normalized spacial score (nSPS) is 25.2. The van der Waals surface area contributed by atoms with Gasteiger partial charge in [0.15, 0.2) is 0 Å². The molecule has 1 aromatic carbocycles. The van der Waals surface area contributed by atoms with Gasteiger partial charge in [0.1, 0.15) is 0 Å². The molecule has 2 atom stereocenters. The van der Waals surface area contributed by atoms with Crippen LogP contribution < -0.4 is 0 Å². The van der Waals surface area contributed by atoms with Crippen molar-refractivity contribution in [3.05, 3.63) is 47.8 Å². The number of para-hydroxylation sites is 1. The monoisotopic (exact) mass is 382 g/mol. The van der Waals surface area contributed by atoms with E-state index in [9.17, 15) is 9.90 Å². The number of carbonyl (C=O) groups is 1. The van der Waals surface area contributed by atoms with Gasteiger partial charge < -0.3 is 19.3 Å². The average Bonchev–Trinajstić information content (AvgIpc) is 3.05. The molecule has 0 fully saturated rings. The lowest BCUT2D eigenvalue weighted by Gasteiger charge is -2.43. The van der Waals surface area contributed by atoms with Crippen LogP contribution in [0.15, 0.2) is 36.5 Å². The second-order valence-corrected chi connectivity index (χ2v) is 8.13. The summed E-state index contributed by atoms with van der Waals surface area (Å²) in [7, 11) is 1.40. The summed E-state index contributed by atoms with van der Waals surface area (Å²) in [4.78, 5) is 13.8. The Balaban J connectivity index is 1.78. The third kappa shape index (κ3) is 3.12. The van der Waals surface area contributed by atoms with Crippen LogP contribution in [0, 0.1) is 5.41 Å². The fourth-order valence-corrected chi connectivity index (χ4v) is 5.17. The Morgan fingerprint density at radius 1 is 1.29 bits per heavy atom. The standard InChI is InChI=1S/C23H30N2O3/c1-3-23-11-6-13-24(15-10-20(26)28-2)14-9-18-17-7-4-5-8-19(17)25(16-12-23)21(18)22(23)27/h4-5,7-8,10,15,22,27H,3,6,9,11-14,16H2,1-2H3/b15-10+/t22?,23-/m0/s1. The number of aromatic nitrogens is 1. The van der Waals surface area contributed by atoms with E-state index in [-0.39, 0.29) is 11.4 Å². The molecular weight excluding hydrogens is 352 g/mol. The summed E-state index contributed by atoms with van der Waals surface area (Å²) in [5.41, 5.74) is 3.55. The molecule has 2 aliphatic heterocycles. The third-order valence-corrected chi connectivity index (χ3v) is 6.89. The number of esters is 1. The molecule has 28 heavy (non-hydrogen) atoms. The number of aryl methyl sites for hydroxylation is 1. The van der Waals surface area contributed by atoms with Crippen molar-refractivity contribution in [2.75, 3.05) is 20.2 Å². The quantitative estimate of drug-likeness (QED) is 0.648. The molecule has 5 heteroatoms. The predicted octanol–water partition coefficient (Wildman–Crippen LogP) is 3.80. The molecule has 3 heterocycles. The van der Waals surface area contributed by atoms with Gasteiger partial charge in [-0.25, -0.2) is 4.79 Å². The van der Waals surface area contributed by atoms with Crippen molar-refractivity contribution in [1.82, 2.24) is 9.47 Å². The minimum absolute atomic E-state index is 0.0613. The van der Waals surface area contributed by atoms with E-state index in [1.807, 2.05) is 6.20 Å². The molecule has 0 saturated carbocycles. The number of aliphatic hydroxyl groups is 1. The molecule has 2 aromatic rings. The molecule has 4 rings (SSSR count). The fourth-order valence-electron chi connectivity index (χ4n) is 5.17. The summed E-state index contributed by atoms with van der Waals surface area (Å²) in [6.45, 7) is 4.89. The van der Waals surface area contributed by atoms with Crippen LogP contribution in [0.3, 0.4) is 0 Å². The average molecular weight is 383 g/mol. The molecule has 0 saturated heterocycles. The zero-order valence-corrected chi connectivity index (χ0v) is 16.9. The van der Waals surface area contributed by atoms with Crippen molar-refractivity contribution >= 4 is 16.9 Å². The Bertz CT molecular complexity index is 901. The molecule has 0 spiro atoms. The van der Waals surface area contributed by atoms with E-state index in [1.54, 1.807) is 0 Å². The van der Waals surface area contributed by atoms with E-state index in [1.165, 1.54) is 29.7 Å². The van der Waals surface area contributed by atoms with Crippen molar-refractivity contribution in [3.8, 4) is 0 Å². The topological polar surface area (TPSA) is 54.7 Å². The van der Waals surface area contributed by atoms with Gasteiger partial charge in [0, 0.05) is 48.2 Å². The van der Waals surface area contributed by atoms with Gasteiger partial charge in [-0.3, -0.25) is 0 Å². The van der Waals surface area contributed by atoms with Gasteiger partial charge in [-0.1, -0.05) is 25.1 Å². The van der Waals surface area contributed by atoms with Gasteiger partial charge in [0.05, 0.1) is 18.9 Å². The summed E-state index contributed by atoms with van der Waals surface area (Å²) < 4.78 is 7.09. The zero-order valence-electron chi connectivity index (χ0n) is 16.9. The first-order valence-corrected chi connectivity index (χ1v) is 10.4. The van der Waals surface area contributed by atoms with Gasteiger partial charge in [-0.15, -0.1) is 0 Å². The highest BCUT2D eigenvalue weighted by molar-refractivity contribution is 5.86. The number of benzene rings is 1. The number of fused-ring (bicyclic) bond motifs is 4. The summed E-state index contributed by atoms with van der Waals surface area (Å²) in [6.07, 6.45) is 7.80. The smallest absolute Gasteiger partial charge is 0.331 e. The van der Waals surface area contributed by atoms with Crippen LogP contribution in [0.4, 0.5) is 0 Å². The lowest BCUT2D eigenvalue weighted by atomic mass is 9.69. The lowest BCUT2D eigenvalue weighted by molar-refractivity contribution is -0.134. The fraction of sp³-hybridized carbons (Fsp3) is 0.522. The van der Waals surface area contributed by atoms with Crippen LogP contribution in [-0.4, -0.2) is 40.7 Å². The Kier molecular flexibility index (Phi) is 5.19. The Labute approximate surface area is 166 Å². The van der Waals surface area contributed by atoms with Crippen LogP contribution in [0.2, 0.25) is 0 Å². The molecule has 5 nitrogen and oxygen atoms in total. The molecule has 0 radical (unpaired) electrons. The predicted molar refractivity (Wildman–Crippen MR) is 110 cm³/mol. The number of hydrogen-bond donors (Lipinski definition) is 1. The van der Waals surface area contributed by atoms with Crippen LogP contribution in [0.25, 0.3) is 10.9 Å². The van der Waals surface area contributed by atoms with Crippen molar-refractivity contribution in [3.63, 3.8) is 0 Å². The molecule has 2 bridgehead atoms. The first-order chi connectivity index (χ1) is 13.6. The van der Waals surface area contributed by atoms with E-state index in [2.05, 4.69) is 40.7 Å². The van der Waals surface area contributed by atoms with Crippen LogP contribution in [0.1, 0.15) is 50.0 Å². The molecule has 1 N–H and O–H groups in total. The number of nitrogens with zero attached hydrogens (tertiary/aromatic N) is 2. The maximum absolute atomic E-state index is 11.5. The van der Waals surface area contributed by atoms with Gasteiger partial charge in [-0.05, 0) is 43.7 Å². The second kappa shape index (κ2) is 7.63. The second-order valence-electron chi connectivity index (χ2n) is 8.13. The maximum Gasteiger partial charge on any atom is 0.331 e. The molecule has 1 aromatic heterocycles. The molecule has 0 amide bonds. The number of ether oxygens (including phenoxy) is 1. The van der Waals surface area contributed by atoms with Gasteiger partial charge in [-0.2, -0.15) is 0 Å². The van der Waals surface area contributed by atoms with Gasteiger partial charge in [0.25, 0.3) is 0 Å². The van der Waals surface area contributed by atoms with Crippen LogP contribution >= 0.6 is 0 Å². The summed E-state index contributed by atoms with van der Waals surface area (Å²) in [5.74, 6) is -0.325. The van der Waals surface area contributed by atoms with Crippen LogP contribution in [-0.2, 0) is 22.5 Å². The molecular formula is C23H30N2O3. The number of carbonyl (C=O) groups excluding carboxylic acids is 1. The Morgan fingerprint density at radius 3 is 2.89 bits per heavy atom. The summed E-state index contributed by atoms with van der Waals surface area (Å²) in [5, 5.41) is 12.8. The number of methoxy groups -OCH3 is 1. The number of aliphatic hydroxyl groups excluding tert-OH is 1. The van der Waals surface area contributed by atoms with Gasteiger partial charge >= 0.3 is 5.97 Å². The zero-order chi connectivity index (χ0) is 19.7. The van der Waals surface area contributed by atoms with E-state index in [4.69, 9.17) is 4.74 Å². The SMILES string of the molecule is CC[C@]12CCCN(/C=C/C(=O)OC)CCc3c(n(c4ccccc34)CC1)C2O. The highest BCUT2D eigenvalue weighted by atomic mass is 16.5. The van der Waals surface area contributed by atoms with Crippen molar-refractivity contribution < 1.29 is 14.6 Å². The molecule has 2 aliphatic rings. The molecule has 0 aliphatic carbocycles. The Morgan fingerprint density at radius 2 is 2.11 bits per heavy atom. The molecule has 1 unspecified atom stereocenters. The molecule has 150 valence electrons. The van der Waals surface area contributed by atoms with E-state index in [0.717, 1.165) is 57.4 Å². The summed E-state index contributed by atoms with van der Waals surface area (Å²) in [6, 6.07) is 8.51. The highest BCUT2D eigenvalue weighted by Gasteiger charge is 2.43. The van der Waals surface area contributed by atoms with Crippen molar-refractivity contribution in [2.45, 2.75) is 51.7 Å². The van der Waals surface area contributed by atoms with Crippen LogP contribution in [0.5, 0.6) is 0 Å². The lowest BCUT2D eigenvalue weighted by Crippen LogP contribution is -2.38. The van der Waals surface area contributed by atoms with E-state index in [0.29, 0.717) is 0 Å². The first-order valence-electron chi connectivity index (χ1n) is 10.4. The largest absolute Gasteiger partial charge is 0.466 e. The minimum atomic E-state index is -0.411. The maximum atomic E-state index is 11.5. The number of hydrogen-bond acceptors (Lipinski definition) is 4. The van der Waals surface area contributed by atoms with E-state index >= 15 is 0 Å². The summed E-state index contributed by atoms with van der Waals surface area (Å²) >= 11 is 0. The third-order valence-electron chi connectivity index (χ3n) is 6.89.